The second-order valence-corrected chi connectivity index (χ2v) is 9.09. The summed E-state index contributed by atoms with van der Waals surface area (Å²) in [7, 11) is -2.22. The highest BCUT2D eigenvalue weighted by Gasteiger charge is 2.31. The number of rotatable bonds is 6. The largest absolute Gasteiger partial charge is 0.416 e. The third-order valence-electron chi connectivity index (χ3n) is 5.17. The lowest BCUT2D eigenvalue weighted by Crippen LogP contribution is -2.14. The van der Waals surface area contributed by atoms with Gasteiger partial charge in [0.2, 0.25) is 0 Å². The van der Waals surface area contributed by atoms with Crippen LogP contribution in [-0.2, 0) is 36.1 Å². The van der Waals surface area contributed by atoms with Crippen molar-refractivity contribution in [1.82, 2.24) is 9.55 Å². The number of alkyl halides is 3. The van der Waals surface area contributed by atoms with Gasteiger partial charge >= 0.3 is 6.18 Å². The number of anilines is 1. The molecule has 0 aliphatic rings. The van der Waals surface area contributed by atoms with Gasteiger partial charge in [0.15, 0.2) is 0 Å². The van der Waals surface area contributed by atoms with E-state index in [0.717, 1.165) is 40.6 Å². The van der Waals surface area contributed by atoms with E-state index in [9.17, 15) is 21.6 Å². The van der Waals surface area contributed by atoms with Crippen LogP contribution in [0, 0.1) is 0 Å². The van der Waals surface area contributed by atoms with Gasteiger partial charge in [0, 0.05) is 19.2 Å². The Bertz CT molecular complexity index is 1380. The molecule has 32 heavy (non-hydrogen) atoms. The summed E-state index contributed by atoms with van der Waals surface area (Å²) >= 11 is 0. The van der Waals surface area contributed by atoms with E-state index in [0.29, 0.717) is 18.9 Å². The van der Waals surface area contributed by atoms with Gasteiger partial charge in [0.1, 0.15) is 5.82 Å². The Labute approximate surface area is 183 Å². The van der Waals surface area contributed by atoms with Crippen molar-refractivity contribution < 1.29 is 21.6 Å². The first kappa shape index (κ1) is 21.9. The molecule has 0 fully saturated rings. The van der Waals surface area contributed by atoms with Crippen LogP contribution < -0.4 is 4.72 Å². The Morgan fingerprint density at radius 1 is 0.938 bits per heavy atom. The van der Waals surface area contributed by atoms with Gasteiger partial charge in [0.05, 0.1) is 21.5 Å². The minimum absolute atomic E-state index is 0.282. The standard InChI is InChI=1S/C23H20F3N3O2S/c1-29-21-11-3-2-10-20(21)27-22(29)13-12-16-6-4-8-18(14-16)28-32(30,31)19-9-5-7-17(15-19)23(24,25)26/h2-11,14-15,28H,12-13H2,1H3. The number of fused-ring (bicyclic) bond motifs is 1. The molecule has 5 nitrogen and oxygen atoms in total. The molecule has 4 rings (SSSR count). The molecule has 0 bridgehead atoms. The Morgan fingerprint density at radius 3 is 2.44 bits per heavy atom. The molecule has 1 N–H and O–H groups in total. The predicted molar refractivity (Wildman–Crippen MR) is 117 cm³/mol. The van der Waals surface area contributed by atoms with Gasteiger partial charge in [0.25, 0.3) is 10.0 Å². The zero-order chi connectivity index (χ0) is 22.9. The minimum atomic E-state index is -4.62. The number of hydrogen-bond donors (Lipinski definition) is 1. The third-order valence-corrected chi connectivity index (χ3v) is 6.55. The number of para-hydroxylation sites is 2. The molecule has 166 valence electrons. The van der Waals surface area contributed by atoms with Crippen LogP contribution in [0.1, 0.15) is 17.0 Å². The zero-order valence-electron chi connectivity index (χ0n) is 17.1. The van der Waals surface area contributed by atoms with Crippen LogP contribution in [0.2, 0.25) is 0 Å². The van der Waals surface area contributed by atoms with E-state index in [1.165, 1.54) is 0 Å². The molecule has 0 spiro atoms. The van der Waals surface area contributed by atoms with Crippen molar-refractivity contribution in [2.24, 2.45) is 7.05 Å². The maximum absolute atomic E-state index is 12.9. The van der Waals surface area contributed by atoms with Gasteiger partial charge in [-0.1, -0.05) is 30.3 Å². The van der Waals surface area contributed by atoms with Gasteiger partial charge < -0.3 is 4.57 Å². The number of benzene rings is 3. The molecule has 0 amide bonds. The number of nitrogens with zero attached hydrogens (tertiary/aromatic N) is 2. The van der Waals surface area contributed by atoms with E-state index in [2.05, 4.69) is 9.71 Å². The molecule has 0 radical (unpaired) electrons. The lowest BCUT2D eigenvalue weighted by Gasteiger charge is -2.12. The Morgan fingerprint density at radius 2 is 1.69 bits per heavy atom. The fraction of sp³-hybridized carbons (Fsp3) is 0.174. The summed E-state index contributed by atoms with van der Waals surface area (Å²) in [6.45, 7) is 0. The SMILES string of the molecule is Cn1c(CCc2cccc(NS(=O)(=O)c3cccc(C(F)(F)F)c3)c2)nc2ccccc21. The average molecular weight is 459 g/mol. The first-order valence-electron chi connectivity index (χ1n) is 9.83. The van der Waals surface area contributed by atoms with Gasteiger partial charge in [-0.3, -0.25) is 4.72 Å². The molecule has 9 heteroatoms. The number of imidazole rings is 1. The fourth-order valence-corrected chi connectivity index (χ4v) is 4.61. The summed E-state index contributed by atoms with van der Waals surface area (Å²) in [6.07, 6.45) is -3.35. The van der Waals surface area contributed by atoms with Crippen molar-refractivity contribution in [3.63, 3.8) is 0 Å². The fourth-order valence-electron chi connectivity index (χ4n) is 3.52. The summed E-state index contributed by atoms with van der Waals surface area (Å²) < 4.78 is 68.4. The van der Waals surface area contributed by atoms with Crippen molar-refractivity contribution in [2.45, 2.75) is 23.9 Å². The normalized spacial score (nSPS) is 12.2. The van der Waals surface area contributed by atoms with Crippen molar-refractivity contribution in [1.29, 1.82) is 0 Å². The molecule has 0 saturated heterocycles. The van der Waals surface area contributed by atoms with E-state index in [4.69, 9.17) is 0 Å². The van der Waals surface area contributed by atoms with Crippen LogP contribution in [0.4, 0.5) is 18.9 Å². The lowest BCUT2D eigenvalue weighted by molar-refractivity contribution is -0.137. The van der Waals surface area contributed by atoms with Crippen molar-refractivity contribution in [3.8, 4) is 0 Å². The van der Waals surface area contributed by atoms with Gasteiger partial charge in [-0.2, -0.15) is 13.2 Å². The summed E-state index contributed by atoms with van der Waals surface area (Å²) in [6, 6.07) is 18.3. The molecule has 0 atom stereocenters. The van der Waals surface area contributed by atoms with Crippen molar-refractivity contribution in [3.05, 3.63) is 89.7 Å². The predicted octanol–water partition coefficient (Wildman–Crippen LogP) is 5.18. The molecular weight excluding hydrogens is 439 g/mol. The third kappa shape index (κ3) is 4.62. The molecule has 1 aromatic heterocycles. The number of sulfonamides is 1. The Balaban J connectivity index is 1.51. The first-order valence-corrected chi connectivity index (χ1v) is 11.3. The van der Waals surface area contributed by atoms with Gasteiger partial charge in [-0.05, 0) is 54.4 Å². The smallest absolute Gasteiger partial charge is 0.331 e. The quantitative estimate of drug-likeness (QED) is 0.432. The van der Waals surface area contributed by atoms with Crippen LogP contribution in [0.5, 0.6) is 0 Å². The molecule has 3 aromatic carbocycles. The van der Waals surface area contributed by atoms with E-state index in [1.807, 2.05) is 41.9 Å². The van der Waals surface area contributed by atoms with Gasteiger partial charge in [-0.25, -0.2) is 13.4 Å². The molecular formula is C23H20F3N3O2S. The second kappa shape index (κ2) is 8.31. The summed E-state index contributed by atoms with van der Waals surface area (Å²) in [4.78, 5) is 4.19. The highest BCUT2D eigenvalue weighted by molar-refractivity contribution is 7.92. The van der Waals surface area contributed by atoms with E-state index < -0.39 is 26.7 Å². The molecule has 4 aromatic rings. The number of aryl methyl sites for hydroxylation is 3. The number of aromatic nitrogens is 2. The van der Waals surface area contributed by atoms with Crippen molar-refractivity contribution in [2.75, 3.05) is 4.72 Å². The maximum atomic E-state index is 12.9. The molecule has 0 unspecified atom stereocenters. The topological polar surface area (TPSA) is 64.0 Å². The highest BCUT2D eigenvalue weighted by atomic mass is 32.2. The Kier molecular flexibility index (Phi) is 5.68. The molecule has 0 saturated carbocycles. The summed E-state index contributed by atoms with van der Waals surface area (Å²) in [5.41, 5.74) is 2.08. The number of halogens is 3. The zero-order valence-corrected chi connectivity index (χ0v) is 17.9. The van der Waals surface area contributed by atoms with E-state index in [1.54, 1.807) is 18.2 Å². The minimum Gasteiger partial charge on any atom is -0.331 e. The van der Waals surface area contributed by atoms with Crippen LogP contribution in [0.3, 0.4) is 0 Å². The van der Waals surface area contributed by atoms with Crippen LogP contribution in [0.15, 0.2) is 77.7 Å². The van der Waals surface area contributed by atoms with E-state index >= 15 is 0 Å². The first-order chi connectivity index (χ1) is 15.1. The Hall–Kier alpha value is -3.33. The molecule has 0 aliphatic heterocycles. The highest BCUT2D eigenvalue weighted by Crippen LogP contribution is 2.31. The lowest BCUT2D eigenvalue weighted by atomic mass is 10.1. The number of nitrogens with one attached hydrogen (secondary N) is 1. The monoisotopic (exact) mass is 459 g/mol. The van der Waals surface area contributed by atoms with E-state index in [-0.39, 0.29) is 5.69 Å². The average Bonchev–Trinajstić information content (AvgIpc) is 3.08. The second-order valence-electron chi connectivity index (χ2n) is 7.41. The molecule has 0 aliphatic carbocycles. The van der Waals surface area contributed by atoms with Gasteiger partial charge in [-0.15, -0.1) is 0 Å². The summed E-state index contributed by atoms with van der Waals surface area (Å²) in [5, 5.41) is 0. The summed E-state index contributed by atoms with van der Waals surface area (Å²) in [5.74, 6) is 0.904. The van der Waals surface area contributed by atoms with Crippen LogP contribution in [-0.4, -0.2) is 18.0 Å². The van der Waals surface area contributed by atoms with Crippen molar-refractivity contribution >= 4 is 26.7 Å². The van der Waals surface area contributed by atoms with Crippen LogP contribution >= 0.6 is 0 Å². The maximum Gasteiger partial charge on any atom is 0.416 e. The van der Waals surface area contributed by atoms with Crippen LogP contribution in [0.25, 0.3) is 11.0 Å². The number of hydrogen-bond acceptors (Lipinski definition) is 3. The molecule has 1 heterocycles.